The SMILES string of the molecule is C[C@@H]1CCc2c(sc(NC(=O)C[NH+]3CC[NH2+]CC3)c2C(N)=O)C1. The van der Waals surface area contributed by atoms with E-state index in [1.54, 1.807) is 0 Å². The van der Waals surface area contributed by atoms with Crippen molar-refractivity contribution in [1.29, 1.82) is 0 Å². The van der Waals surface area contributed by atoms with Crippen LogP contribution in [-0.2, 0) is 17.6 Å². The van der Waals surface area contributed by atoms with Crippen LogP contribution in [0.15, 0.2) is 0 Å². The maximum Gasteiger partial charge on any atom is 0.280 e. The van der Waals surface area contributed by atoms with Gasteiger partial charge in [-0.25, -0.2) is 0 Å². The summed E-state index contributed by atoms with van der Waals surface area (Å²) in [5.41, 5.74) is 7.20. The molecule has 6 N–H and O–H groups in total. The van der Waals surface area contributed by atoms with Gasteiger partial charge in [0.25, 0.3) is 11.8 Å². The number of thiophene rings is 1. The predicted molar refractivity (Wildman–Crippen MR) is 89.9 cm³/mol. The number of carbonyl (C=O) groups excluding carboxylic acids is 2. The zero-order valence-electron chi connectivity index (χ0n) is 13.6. The van der Waals surface area contributed by atoms with Gasteiger partial charge < -0.3 is 21.3 Å². The molecular weight excluding hydrogens is 312 g/mol. The molecule has 2 amide bonds. The van der Waals surface area contributed by atoms with Gasteiger partial charge >= 0.3 is 0 Å². The summed E-state index contributed by atoms with van der Waals surface area (Å²) < 4.78 is 0. The van der Waals surface area contributed by atoms with E-state index in [1.807, 2.05) is 0 Å². The van der Waals surface area contributed by atoms with Crippen molar-refractivity contribution in [2.45, 2.75) is 26.2 Å². The Hall–Kier alpha value is -1.44. The first-order chi connectivity index (χ1) is 11.0. The zero-order chi connectivity index (χ0) is 16.4. The lowest BCUT2D eigenvalue weighted by molar-refractivity contribution is -0.940. The predicted octanol–water partition coefficient (Wildman–Crippen LogP) is -1.63. The van der Waals surface area contributed by atoms with Gasteiger partial charge in [-0.3, -0.25) is 9.59 Å². The number of nitrogens with two attached hydrogens (primary N) is 2. The van der Waals surface area contributed by atoms with E-state index in [0.717, 1.165) is 51.0 Å². The van der Waals surface area contributed by atoms with Gasteiger partial charge in [0.05, 0.1) is 5.56 Å². The smallest absolute Gasteiger partial charge is 0.280 e. The van der Waals surface area contributed by atoms with E-state index in [1.165, 1.54) is 21.1 Å². The average Bonchev–Trinajstić information content (AvgIpc) is 2.84. The molecule has 126 valence electrons. The standard InChI is InChI=1S/C16H24N4O2S/c1-10-2-3-11-12(8-10)23-16(14(11)15(17)22)19-13(21)9-20-6-4-18-5-7-20/h10,18H,2-9H2,1H3,(H2,17,22)(H,19,21)/p+2/t10-/m1/s1. The minimum absolute atomic E-state index is 0.0176. The van der Waals surface area contributed by atoms with Gasteiger partial charge in [0, 0.05) is 4.88 Å². The van der Waals surface area contributed by atoms with Gasteiger partial charge in [-0.1, -0.05) is 6.92 Å². The Morgan fingerprint density at radius 1 is 1.39 bits per heavy atom. The zero-order valence-corrected chi connectivity index (χ0v) is 14.4. The molecule has 1 fully saturated rings. The summed E-state index contributed by atoms with van der Waals surface area (Å²) in [7, 11) is 0. The first-order valence-corrected chi connectivity index (χ1v) is 9.25. The van der Waals surface area contributed by atoms with Crippen LogP contribution >= 0.6 is 11.3 Å². The molecule has 3 rings (SSSR count). The number of anilines is 1. The molecule has 2 heterocycles. The topological polar surface area (TPSA) is 93.2 Å². The second-order valence-corrected chi connectivity index (χ2v) is 7.87. The number of piperazine rings is 1. The van der Waals surface area contributed by atoms with Crippen molar-refractivity contribution >= 4 is 28.2 Å². The van der Waals surface area contributed by atoms with E-state index in [0.29, 0.717) is 23.0 Å². The molecule has 1 aliphatic heterocycles. The third kappa shape index (κ3) is 3.73. The molecule has 2 aliphatic rings. The summed E-state index contributed by atoms with van der Waals surface area (Å²) in [6, 6.07) is 0. The van der Waals surface area contributed by atoms with Crippen molar-refractivity contribution in [2.24, 2.45) is 11.7 Å². The first kappa shape index (κ1) is 16.4. The molecule has 6 nitrogen and oxygen atoms in total. The molecule has 23 heavy (non-hydrogen) atoms. The second-order valence-electron chi connectivity index (χ2n) is 6.76. The van der Waals surface area contributed by atoms with Crippen molar-refractivity contribution in [3.05, 3.63) is 16.0 Å². The Labute approximate surface area is 140 Å². The minimum Gasteiger partial charge on any atom is -0.365 e. The van der Waals surface area contributed by atoms with Crippen LogP contribution in [0.25, 0.3) is 0 Å². The molecule has 1 saturated heterocycles. The van der Waals surface area contributed by atoms with E-state index >= 15 is 0 Å². The van der Waals surface area contributed by atoms with Crippen molar-refractivity contribution in [3.8, 4) is 0 Å². The molecule has 0 bridgehead atoms. The number of hydrogen-bond donors (Lipinski definition) is 4. The summed E-state index contributed by atoms with van der Waals surface area (Å²) in [6.07, 6.45) is 2.93. The highest BCUT2D eigenvalue weighted by atomic mass is 32.1. The highest BCUT2D eigenvalue weighted by Crippen LogP contribution is 2.39. The number of hydrogen-bond acceptors (Lipinski definition) is 3. The number of fused-ring (bicyclic) bond motifs is 1. The van der Waals surface area contributed by atoms with E-state index in [4.69, 9.17) is 5.73 Å². The van der Waals surface area contributed by atoms with Crippen LogP contribution in [0.3, 0.4) is 0 Å². The van der Waals surface area contributed by atoms with E-state index < -0.39 is 5.91 Å². The number of quaternary nitrogens is 2. The fourth-order valence-electron chi connectivity index (χ4n) is 3.56. The van der Waals surface area contributed by atoms with Crippen LogP contribution in [0.1, 0.15) is 34.1 Å². The summed E-state index contributed by atoms with van der Waals surface area (Å²) in [6.45, 7) is 6.84. The highest BCUT2D eigenvalue weighted by molar-refractivity contribution is 7.17. The van der Waals surface area contributed by atoms with Crippen molar-refractivity contribution < 1.29 is 19.8 Å². The normalized spacial score (nSPS) is 21.7. The van der Waals surface area contributed by atoms with Crippen molar-refractivity contribution in [3.63, 3.8) is 0 Å². The van der Waals surface area contributed by atoms with Crippen molar-refractivity contribution in [1.82, 2.24) is 0 Å². The Morgan fingerprint density at radius 3 is 2.83 bits per heavy atom. The summed E-state index contributed by atoms with van der Waals surface area (Å²) >= 11 is 1.54. The molecule has 7 heteroatoms. The number of nitrogens with one attached hydrogen (secondary N) is 2. The highest BCUT2D eigenvalue weighted by Gasteiger charge is 2.28. The summed E-state index contributed by atoms with van der Waals surface area (Å²) in [4.78, 5) is 26.7. The fraction of sp³-hybridized carbons (Fsp3) is 0.625. The molecule has 0 radical (unpaired) electrons. The monoisotopic (exact) mass is 338 g/mol. The first-order valence-electron chi connectivity index (χ1n) is 8.44. The molecule has 1 aliphatic carbocycles. The summed E-state index contributed by atoms with van der Waals surface area (Å²) in [5.74, 6) is 0.183. The molecule has 0 saturated carbocycles. The van der Waals surface area contributed by atoms with Gasteiger partial charge in [0.2, 0.25) is 0 Å². The number of rotatable bonds is 4. The lowest BCUT2D eigenvalue weighted by Gasteiger charge is -2.21. The molecule has 1 atom stereocenters. The number of primary amides is 1. The average molecular weight is 338 g/mol. The maximum atomic E-state index is 12.3. The third-order valence-corrected chi connectivity index (χ3v) is 6.00. The number of amides is 2. The van der Waals surface area contributed by atoms with E-state index in [9.17, 15) is 9.59 Å². The van der Waals surface area contributed by atoms with E-state index in [-0.39, 0.29) is 5.91 Å². The molecule has 0 aromatic carbocycles. The Morgan fingerprint density at radius 2 is 2.13 bits per heavy atom. The molecule has 0 spiro atoms. The molecule has 1 aromatic heterocycles. The van der Waals surface area contributed by atoms with Crippen LogP contribution in [0.2, 0.25) is 0 Å². The van der Waals surface area contributed by atoms with Crippen LogP contribution in [0.4, 0.5) is 5.00 Å². The molecule has 1 aromatic rings. The van der Waals surface area contributed by atoms with Crippen molar-refractivity contribution in [2.75, 3.05) is 38.0 Å². The maximum absolute atomic E-state index is 12.3. The quantitative estimate of drug-likeness (QED) is 0.531. The van der Waals surface area contributed by atoms with Crippen LogP contribution in [-0.4, -0.2) is 44.5 Å². The molecular formula is C16H26N4O2S+2. The van der Waals surface area contributed by atoms with Crippen LogP contribution in [0, 0.1) is 5.92 Å². The molecule has 0 unspecified atom stereocenters. The lowest BCUT2D eigenvalue weighted by atomic mass is 9.88. The van der Waals surface area contributed by atoms with Gasteiger partial charge in [-0.2, -0.15) is 0 Å². The van der Waals surface area contributed by atoms with Gasteiger partial charge in [-0.15, -0.1) is 11.3 Å². The lowest BCUT2D eigenvalue weighted by Crippen LogP contribution is -3.21. The minimum atomic E-state index is -0.424. The summed E-state index contributed by atoms with van der Waals surface area (Å²) in [5, 5.41) is 5.89. The Balaban J connectivity index is 1.74. The van der Waals surface area contributed by atoms with Crippen LogP contribution < -0.4 is 21.3 Å². The van der Waals surface area contributed by atoms with Crippen LogP contribution in [0.5, 0.6) is 0 Å². The second kappa shape index (κ2) is 6.98. The van der Waals surface area contributed by atoms with Gasteiger partial charge in [0.15, 0.2) is 6.54 Å². The largest absolute Gasteiger partial charge is 0.365 e. The number of carbonyl (C=O) groups is 2. The van der Waals surface area contributed by atoms with Gasteiger partial charge in [-0.05, 0) is 30.7 Å². The van der Waals surface area contributed by atoms with Gasteiger partial charge in [0.1, 0.15) is 31.2 Å². The Kier molecular flexibility index (Phi) is 4.99. The fourth-order valence-corrected chi connectivity index (χ4v) is 4.99. The van der Waals surface area contributed by atoms with E-state index in [2.05, 4.69) is 17.6 Å². The Bertz CT molecular complexity index is 607. The third-order valence-electron chi connectivity index (χ3n) is 4.83.